The minimum absolute atomic E-state index is 0.00154. The van der Waals surface area contributed by atoms with Crippen molar-refractivity contribution in [3.63, 3.8) is 0 Å². The average molecular weight is 407 g/mol. The number of Topliss-reactive ketones (excluding diaryl/α,β-unsaturated/α-hetero) is 1. The van der Waals surface area contributed by atoms with Crippen molar-refractivity contribution >= 4 is 28.3 Å². The molecule has 0 bridgehead atoms. The van der Waals surface area contributed by atoms with Crippen LogP contribution in [0, 0.1) is 6.92 Å². The third kappa shape index (κ3) is 4.05. The lowest BCUT2D eigenvalue weighted by Crippen LogP contribution is -2.25. The number of fused-ring (bicyclic) bond motifs is 1. The summed E-state index contributed by atoms with van der Waals surface area (Å²) < 4.78 is 8.01. The Morgan fingerprint density at radius 3 is 2.43 bits per heavy atom. The Bertz CT molecular complexity index is 1120. The van der Waals surface area contributed by atoms with E-state index in [0.717, 1.165) is 16.8 Å². The van der Waals surface area contributed by atoms with Crippen LogP contribution in [0.3, 0.4) is 0 Å². The molecule has 0 saturated carbocycles. The third-order valence-electron chi connectivity index (χ3n) is 5.02. The molecule has 7 heteroatoms. The minimum Gasteiger partial charge on any atom is -0.482 e. The first-order valence-corrected chi connectivity index (χ1v) is 9.59. The van der Waals surface area contributed by atoms with Gasteiger partial charge < -0.3 is 19.9 Å². The summed E-state index contributed by atoms with van der Waals surface area (Å²) in [6.07, 6.45) is -0.641. The van der Waals surface area contributed by atoms with Gasteiger partial charge in [-0.3, -0.25) is 9.59 Å². The molecule has 0 aliphatic rings. The predicted molar refractivity (Wildman–Crippen MR) is 116 cm³/mol. The van der Waals surface area contributed by atoms with Crippen LogP contribution in [0.25, 0.3) is 10.9 Å². The van der Waals surface area contributed by atoms with E-state index >= 15 is 0 Å². The second-order valence-corrected chi connectivity index (χ2v) is 7.04. The molecule has 1 atom stereocenters. The monoisotopic (exact) mass is 407 g/mol. The lowest BCUT2D eigenvalue weighted by atomic mass is 10.0. The van der Waals surface area contributed by atoms with Crippen molar-refractivity contribution in [2.45, 2.75) is 33.4 Å². The average Bonchev–Trinajstić information content (AvgIpc) is 2.99. The molecule has 3 aromatic rings. The molecule has 0 fully saturated rings. The molecule has 0 radical (unpaired) electrons. The van der Waals surface area contributed by atoms with E-state index in [1.165, 1.54) is 14.0 Å². The number of ketones is 1. The van der Waals surface area contributed by atoms with E-state index in [2.05, 4.69) is 9.72 Å². The van der Waals surface area contributed by atoms with Crippen LogP contribution in [-0.2, 0) is 21.0 Å². The number of hydrogen-bond acceptors (Lipinski definition) is 5. The van der Waals surface area contributed by atoms with Crippen molar-refractivity contribution in [3.05, 3.63) is 65.4 Å². The summed E-state index contributed by atoms with van der Waals surface area (Å²) in [6.45, 7) is 5.63. The van der Waals surface area contributed by atoms with Gasteiger partial charge in [0.2, 0.25) is 0 Å². The van der Waals surface area contributed by atoms with Crippen molar-refractivity contribution in [1.29, 1.82) is 0 Å². The Hall–Kier alpha value is -3.61. The van der Waals surface area contributed by atoms with Crippen LogP contribution in [0.1, 0.15) is 30.7 Å². The molecule has 30 heavy (non-hydrogen) atoms. The van der Waals surface area contributed by atoms with E-state index in [-0.39, 0.29) is 11.5 Å². The fraction of sp³-hybridized carbons (Fsp3) is 0.261. The molecule has 1 aromatic heterocycles. The molecule has 0 aliphatic carbocycles. The summed E-state index contributed by atoms with van der Waals surface area (Å²) in [7, 11) is 1.36. The molecule has 2 N–H and O–H groups in total. The Balaban J connectivity index is 2.30. The molecule has 1 heterocycles. The molecule has 2 aromatic carbocycles. The number of aromatic nitrogens is 1. The van der Waals surface area contributed by atoms with Crippen molar-refractivity contribution in [2.24, 2.45) is 10.9 Å². The summed E-state index contributed by atoms with van der Waals surface area (Å²) in [5.74, 6) is -0.340. The number of oxime groups is 1. The third-order valence-corrected chi connectivity index (χ3v) is 5.02. The Kier molecular flexibility index (Phi) is 6.20. The van der Waals surface area contributed by atoms with Gasteiger partial charge in [0, 0.05) is 17.8 Å². The topological polar surface area (TPSA) is 95.9 Å². The van der Waals surface area contributed by atoms with Crippen LogP contribution >= 0.6 is 0 Å². The maximum atomic E-state index is 12.2. The van der Waals surface area contributed by atoms with Crippen LogP contribution in [0.5, 0.6) is 5.75 Å². The number of benzene rings is 2. The van der Waals surface area contributed by atoms with Crippen LogP contribution in [0.15, 0.2) is 53.7 Å². The normalized spacial score (nSPS) is 12.6. The zero-order valence-corrected chi connectivity index (χ0v) is 17.5. The summed E-state index contributed by atoms with van der Waals surface area (Å²) in [6, 6.07) is 15.5. The van der Waals surface area contributed by atoms with Crippen molar-refractivity contribution in [3.8, 4) is 5.75 Å². The highest BCUT2D eigenvalue weighted by atomic mass is 16.6. The van der Waals surface area contributed by atoms with Gasteiger partial charge in [0.15, 0.2) is 17.6 Å². The van der Waals surface area contributed by atoms with E-state index in [0.29, 0.717) is 23.2 Å². The SMILES string of the molecule is CO/N=C(\C(N)=O)c1c(C)n(Cc2ccccc2)c2cccc(OC(C)C(C)=O)c12. The van der Waals surface area contributed by atoms with Gasteiger partial charge in [-0.05, 0) is 38.5 Å². The maximum Gasteiger partial charge on any atom is 0.271 e. The zero-order chi connectivity index (χ0) is 21.8. The minimum atomic E-state index is -0.715. The summed E-state index contributed by atoms with van der Waals surface area (Å²) in [5, 5.41) is 4.55. The zero-order valence-electron chi connectivity index (χ0n) is 17.5. The largest absolute Gasteiger partial charge is 0.482 e. The van der Waals surface area contributed by atoms with Gasteiger partial charge in [-0.25, -0.2) is 0 Å². The van der Waals surface area contributed by atoms with E-state index in [1.54, 1.807) is 13.0 Å². The highest BCUT2D eigenvalue weighted by Crippen LogP contribution is 2.35. The molecule has 1 amide bonds. The van der Waals surface area contributed by atoms with Crippen molar-refractivity contribution in [1.82, 2.24) is 4.57 Å². The maximum absolute atomic E-state index is 12.2. The van der Waals surface area contributed by atoms with Crippen molar-refractivity contribution in [2.75, 3.05) is 7.11 Å². The number of amides is 1. The lowest BCUT2D eigenvalue weighted by Gasteiger charge is -2.14. The molecule has 3 rings (SSSR count). The first-order chi connectivity index (χ1) is 14.3. The Labute approximate surface area is 175 Å². The Morgan fingerprint density at radius 1 is 1.13 bits per heavy atom. The quantitative estimate of drug-likeness (QED) is 0.458. The number of nitrogens with two attached hydrogens (primary N) is 1. The van der Waals surface area contributed by atoms with Gasteiger partial charge in [0.1, 0.15) is 12.9 Å². The van der Waals surface area contributed by atoms with Gasteiger partial charge in [0.05, 0.1) is 10.9 Å². The van der Waals surface area contributed by atoms with Gasteiger partial charge >= 0.3 is 0 Å². The second kappa shape index (κ2) is 8.82. The summed E-state index contributed by atoms with van der Waals surface area (Å²) in [4.78, 5) is 28.9. The molecule has 0 aliphatic heterocycles. The van der Waals surface area contributed by atoms with Crippen molar-refractivity contribution < 1.29 is 19.2 Å². The molecule has 1 unspecified atom stereocenters. The number of carbonyl (C=O) groups excluding carboxylic acids is 2. The molecule has 0 saturated heterocycles. The Morgan fingerprint density at radius 2 is 1.83 bits per heavy atom. The second-order valence-electron chi connectivity index (χ2n) is 7.04. The predicted octanol–water partition coefficient (Wildman–Crippen LogP) is 3.19. The van der Waals surface area contributed by atoms with Crippen LogP contribution in [0.4, 0.5) is 0 Å². The van der Waals surface area contributed by atoms with Gasteiger partial charge in [-0.2, -0.15) is 0 Å². The first-order valence-electron chi connectivity index (χ1n) is 9.59. The van der Waals surface area contributed by atoms with Gasteiger partial charge in [0.25, 0.3) is 5.91 Å². The number of carbonyl (C=O) groups is 2. The fourth-order valence-corrected chi connectivity index (χ4v) is 3.43. The van der Waals surface area contributed by atoms with E-state index < -0.39 is 12.0 Å². The summed E-state index contributed by atoms with van der Waals surface area (Å²) >= 11 is 0. The summed E-state index contributed by atoms with van der Waals surface area (Å²) in [5.41, 5.74) is 8.87. The molecule has 7 nitrogen and oxygen atoms in total. The first kappa shape index (κ1) is 21.1. The van der Waals surface area contributed by atoms with Crippen LogP contribution in [-0.4, -0.2) is 35.2 Å². The molecule has 156 valence electrons. The number of hydrogen-bond donors (Lipinski definition) is 1. The number of ether oxygens (including phenoxy) is 1. The van der Waals surface area contributed by atoms with E-state index in [1.807, 2.05) is 49.4 Å². The molecular formula is C23H25N3O4. The van der Waals surface area contributed by atoms with Gasteiger partial charge in [-0.1, -0.05) is 41.6 Å². The smallest absolute Gasteiger partial charge is 0.271 e. The lowest BCUT2D eigenvalue weighted by molar-refractivity contribution is -0.122. The van der Waals surface area contributed by atoms with Gasteiger partial charge in [-0.15, -0.1) is 0 Å². The molecule has 0 spiro atoms. The van der Waals surface area contributed by atoms with E-state index in [4.69, 9.17) is 15.3 Å². The number of rotatable bonds is 8. The molecular weight excluding hydrogens is 382 g/mol. The standard InChI is InChI=1S/C23H25N3O4/c1-14-20(22(23(24)28)25-29-4)21-18(26(14)13-17-9-6-5-7-10-17)11-8-12-19(21)30-16(3)15(2)27/h5-12,16H,13H2,1-4H3,(H2,24,28)/b25-22-. The highest BCUT2D eigenvalue weighted by molar-refractivity contribution is 6.47. The fourth-order valence-electron chi connectivity index (χ4n) is 3.43. The highest BCUT2D eigenvalue weighted by Gasteiger charge is 2.26. The van der Waals surface area contributed by atoms with Crippen LogP contribution < -0.4 is 10.5 Å². The van der Waals surface area contributed by atoms with Crippen LogP contribution in [0.2, 0.25) is 0 Å². The number of primary amides is 1. The number of nitrogens with zero attached hydrogens (tertiary/aromatic N) is 2. The van der Waals surface area contributed by atoms with E-state index in [9.17, 15) is 9.59 Å².